The predicted octanol–water partition coefficient (Wildman–Crippen LogP) is 3.08. The standard InChI is InChI=1S/C12H15ClFNO2/c1-6(2)8-3-7(4-9(13)12(8)14)10(15)5-11(16)17/h3-4,6,10H,5,15H2,1-2H3,(H,16,17). The van der Waals surface area contributed by atoms with Gasteiger partial charge in [0.05, 0.1) is 11.4 Å². The van der Waals surface area contributed by atoms with Crippen molar-refractivity contribution in [1.29, 1.82) is 0 Å². The number of rotatable bonds is 4. The van der Waals surface area contributed by atoms with E-state index in [0.717, 1.165) is 0 Å². The van der Waals surface area contributed by atoms with Crippen molar-refractivity contribution >= 4 is 17.6 Å². The smallest absolute Gasteiger partial charge is 0.305 e. The van der Waals surface area contributed by atoms with E-state index in [1.807, 2.05) is 13.8 Å². The summed E-state index contributed by atoms with van der Waals surface area (Å²) in [7, 11) is 0. The molecule has 0 aromatic heterocycles. The van der Waals surface area contributed by atoms with Crippen LogP contribution in [-0.2, 0) is 4.79 Å². The van der Waals surface area contributed by atoms with Crippen LogP contribution in [0.15, 0.2) is 12.1 Å². The molecule has 0 fully saturated rings. The largest absolute Gasteiger partial charge is 0.481 e. The maximum absolute atomic E-state index is 13.7. The van der Waals surface area contributed by atoms with Gasteiger partial charge >= 0.3 is 5.97 Å². The molecular weight excluding hydrogens is 245 g/mol. The molecule has 0 aliphatic heterocycles. The van der Waals surface area contributed by atoms with E-state index in [1.54, 1.807) is 6.07 Å². The van der Waals surface area contributed by atoms with Crippen molar-refractivity contribution in [3.63, 3.8) is 0 Å². The molecule has 0 saturated heterocycles. The van der Waals surface area contributed by atoms with E-state index >= 15 is 0 Å². The number of benzene rings is 1. The minimum Gasteiger partial charge on any atom is -0.481 e. The molecule has 0 radical (unpaired) electrons. The first-order chi connectivity index (χ1) is 7.82. The fraction of sp³-hybridized carbons (Fsp3) is 0.417. The Balaban J connectivity index is 3.14. The molecular formula is C12H15ClFNO2. The average Bonchev–Trinajstić information content (AvgIpc) is 2.20. The monoisotopic (exact) mass is 259 g/mol. The molecule has 1 unspecified atom stereocenters. The van der Waals surface area contributed by atoms with E-state index in [4.69, 9.17) is 22.4 Å². The summed E-state index contributed by atoms with van der Waals surface area (Å²) in [4.78, 5) is 10.6. The molecule has 0 amide bonds. The molecule has 0 aliphatic carbocycles. The van der Waals surface area contributed by atoms with Gasteiger partial charge < -0.3 is 10.8 Å². The first kappa shape index (κ1) is 13.9. The number of hydrogen-bond donors (Lipinski definition) is 2. The Morgan fingerprint density at radius 3 is 2.59 bits per heavy atom. The number of aliphatic carboxylic acids is 1. The normalized spacial score (nSPS) is 12.8. The van der Waals surface area contributed by atoms with Crippen molar-refractivity contribution in [2.45, 2.75) is 32.2 Å². The fourth-order valence-electron chi connectivity index (χ4n) is 1.57. The van der Waals surface area contributed by atoms with E-state index in [2.05, 4.69) is 0 Å². The first-order valence-corrected chi connectivity index (χ1v) is 5.67. The highest BCUT2D eigenvalue weighted by Crippen LogP contribution is 2.29. The van der Waals surface area contributed by atoms with E-state index in [0.29, 0.717) is 11.1 Å². The second-order valence-corrected chi connectivity index (χ2v) is 4.67. The van der Waals surface area contributed by atoms with Gasteiger partial charge in [-0.3, -0.25) is 4.79 Å². The Morgan fingerprint density at radius 2 is 2.12 bits per heavy atom. The highest BCUT2D eigenvalue weighted by molar-refractivity contribution is 6.30. The second kappa shape index (κ2) is 5.47. The van der Waals surface area contributed by atoms with Crippen LogP contribution in [0.25, 0.3) is 0 Å². The van der Waals surface area contributed by atoms with E-state index in [1.165, 1.54) is 6.07 Å². The zero-order chi connectivity index (χ0) is 13.2. The number of carbonyl (C=O) groups is 1. The molecule has 0 aliphatic rings. The van der Waals surface area contributed by atoms with E-state index < -0.39 is 17.8 Å². The van der Waals surface area contributed by atoms with E-state index in [-0.39, 0.29) is 17.4 Å². The Hall–Kier alpha value is -1.13. The van der Waals surface area contributed by atoms with Gasteiger partial charge in [0, 0.05) is 6.04 Å². The number of carboxylic acid groups (broad SMARTS) is 1. The highest BCUT2D eigenvalue weighted by atomic mass is 35.5. The van der Waals surface area contributed by atoms with E-state index in [9.17, 15) is 9.18 Å². The van der Waals surface area contributed by atoms with Gasteiger partial charge in [-0.15, -0.1) is 0 Å². The fourth-order valence-corrected chi connectivity index (χ4v) is 1.81. The molecule has 3 N–H and O–H groups in total. The van der Waals surface area contributed by atoms with Crippen LogP contribution < -0.4 is 5.73 Å². The van der Waals surface area contributed by atoms with Crippen molar-refractivity contribution < 1.29 is 14.3 Å². The lowest BCUT2D eigenvalue weighted by molar-refractivity contribution is -0.137. The van der Waals surface area contributed by atoms with Gasteiger partial charge in [-0.2, -0.15) is 0 Å². The molecule has 1 aromatic rings. The molecule has 0 bridgehead atoms. The van der Waals surface area contributed by atoms with Crippen LogP contribution in [-0.4, -0.2) is 11.1 Å². The maximum Gasteiger partial charge on any atom is 0.305 e. The highest BCUT2D eigenvalue weighted by Gasteiger charge is 2.17. The lowest BCUT2D eigenvalue weighted by Crippen LogP contribution is -2.15. The molecule has 17 heavy (non-hydrogen) atoms. The molecule has 5 heteroatoms. The van der Waals surface area contributed by atoms with Crippen LogP contribution >= 0.6 is 11.6 Å². The summed E-state index contributed by atoms with van der Waals surface area (Å²) in [5.41, 5.74) is 6.72. The second-order valence-electron chi connectivity index (χ2n) is 4.26. The molecule has 94 valence electrons. The third-order valence-corrected chi connectivity index (χ3v) is 2.80. The lowest BCUT2D eigenvalue weighted by Gasteiger charge is -2.15. The summed E-state index contributed by atoms with van der Waals surface area (Å²) >= 11 is 5.77. The van der Waals surface area contributed by atoms with Crippen molar-refractivity contribution in [3.8, 4) is 0 Å². The van der Waals surface area contributed by atoms with Crippen LogP contribution in [0, 0.1) is 5.82 Å². The summed E-state index contributed by atoms with van der Waals surface area (Å²) in [6, 6.07) is 2.29. The first-order valence-electron chi connectivity index (χ1n) is 5.29. The number of halogens is 2. The van der Waals surface area contributed by atoms with Gasteiger partial charge in [0.25, 0.3) is 0 Å². The third-order valence-electron chi connectivity index (χ3n) is 2.52. The van der Waals surface area contributed by atoms with Gasteiger partial charge in [-0.25, -0.2) is 4.39 Å². The summed E-state index contributed by atoms with van der Waals surface area (Å²) in [5, 5.41) is 8.64. The Bertz CT molecular complexity index is 435. The summed E-state index contributed by atoms with van der Waals surface area (Å²) in [6.45, 7) is 3.67. The maximum atomic E-state index is 13.7. The van der Waals surface area contributed by atoms with Crippen molar-refractivity contribution in [2.24, 2.45) is 5.73 Å². The van der Waals surface area contributed by atoms with Crippen molar-refractivity contribution in [1.82, 2.24) is 0 Å². The molecule has 1 atom stereocenters. The predicted molar refractivity (Wildman–Crippen MR) is 64.7 cm³/mol. The number of hydrogen-bond acceptors (Lipinski definition) is 2. The van der Waals surface area contributed by atoms with Crippen LogP contribution in [0.5, 0.6) is 0 Å². The van der Waals surface area contributed by atoms with Gasteiger partial charge in [0.1, 0.15) is 5.82 Å². The van der Waals surface area contributed by atoms with Crippen LogP contribution in [0.3, 0.4) is 0 Å². The van der Waals surface area contributed by atoms with Crippen LogP contribution in [0.1, 0.15) is 43.4 Å². The number of nitrogens with two attached hydrogens (primary N) is 1. The van der Waals surface area contributed by atoms with Gasteiger partial charge in [0.15, 0.2) is 0 Å². The zero-order valence-corrected chi connectivity index (χ0v) is 10.5. The van der Waals surface area contributed by atoms with Crippen molar-refractivity contribution in [2.75, 3.05) is 0 Å². The lowest BCUT2D eigenvalue weighted by atomic mass is 9.96. The summed E-state index contributed by atoms with van der Waals surface area (Å²) in [5.74, 6) is -1.50. The molecule has 0 spiro atoms. The molecule has 1 aromatic carbocycles. The topological polar surface area (TPSA) is 63.3 Å². The Kier molecular flexibility index (Phi) is 4.48. The minimum atomic E-state index is -0.996. The minimum absolute atomic E-state index is 0.0213. The third kappa shape index (κ3) is 3.41. The van der Waals surface area contributed by atoms with Gasteiger partial charge in [0.2, 0.25) is 0 Å². The quantitative estimate of drug-likeness (QED) is 0.873. The van der Waals surface area contributed by atoms with Gasteiger partial charge in [-0.1, -0.05) is 31.5 Å². The molecule has 3 nitrogen and oxygen atoms in total. The molecule has 0 heterocycles. The molecule has 1 rings (SSSR count). The number of carboxylic acids is 1. The van der Waals surface area contributed by atoms with Crippen molar-refractivity contribution in [3.05, 3.63) is 34.1 Å². The van der Waals surface area contributed by atoms with Gasteiger partial charge in [-0.05, 0) is 23.1 Å². The Labute approximate surface area is 104 Å². The van der Waals surface area contributed by atoms with Crippen LogP contribution in [0.2, 0.25) is 5.02 Å². The zero-order valence-electron chi connectivity index (χ0n) is 9.71. The van der Waals surface area contributed by atoms with Crippen LogP contribution in [0.4, 0.5) is 4.39 Å². The average molecular weight is 260 g/mol. The molecule has 0 saturated carbocycles. The Morgan fingerprint density at radius 1 is 1.53 bits per heavy atom. The summed E-state index contributed by atoms with van der Waals surface area (Å²) < 4.78 is 13.7. The summed E-state index contributed by atoms with van der Waals surface area (Å²) in [6.07, 6.45) is -0.209. The SMILES string of the molecule is CC(C)c1cc(C(N)CC(=O)O)cc(Cl)c1F.